The molecule has 0 unspecified atom stereocenters. The van der Waals surface area contributed by atoms with E-state index in [1.54, 1.807) is 6.33 Å². The van der Waals surface area contributed by atoms with Gasteiger partial charge in [-0.25, -0.2) is 0 Å². The van der Waals surface area contributed by atoms with Crippen LogP contribution in [-0.4, -0.2) is 43.9 Å². The fraction of sp³-hybridized carbons (Fsp3) is 0.500. The Kier molecular flexibility index (Phi) is 5.56. The summed E-state index contributed by atoms with van der Waals surface area (Å²) in [5.74, 6) is 0.888. The van der Waals surface area contributed by atoms with Crippen molar-refractivity contribution in [1.82, 2.24) is 19.7 Å². The van der Waals surface area contributed by atoms with Gasteiger partial charge in [-0.05, 0) is 37.7 Å². The number of amides is 1. The average molecular weight is 344 g/mol. The van der Waals surface area contributed by atoms with Crippen LogP contribution in [0.15, 0.2) is 41.8 Å². The number of carbonyl (C=O) groups excluding carboxylic acids is 1. The summed E-state index contributed by atoms with van der Waals surface area (Å²) in [4.78, 5) is 14.7. The lowest BCUT2D eigenvalue weighted by atomic mass is 9.90. The number of thioether (sulfide) groups is 1. The zero-order valence-corrected chi connectivity index (χ0v) is 15.1. The van der Waals surface area contributed by atoms with Crippen LogP contribution in [0.5, 0.6) is 0 Å². The van der Waals surface area contributed by atoms with Gasteiger partial charge in [-0.15, -0.1) is 10.2 Å². The Hall–Kier alpha value is -1.82. The van der Waals surface area contributed by atoms with Gasteiger partial charge in [0.05, 0.1) is 5.25 Å². The van der Waals surface area contributed by atoms with Crippen LogP contribution >= 0.6 is 11.8 Å². The molecule has 0 bridgehead atoms. The quantitative estimate of drug-likeness (QED) is 0.783. The van der Waals surface area contributed by atoms with Gasteiger partial charge in [0, 0.05) is 20.1 Å². The highest BCUT2D eigenvalue weighted by molar-refractivity contribution is 8.00. The van der Waals surface area contributed by atoms with Crippen LogP contribution in [0.1, 0.15) is 25.3 Å². The second-order valence-electron chi connectivity index (χ2n) is 6.44. The maximum absolute atomic E-state index is 12.6. The molecule has 24 heavy (non-hydrogen) atoms. The third kappa shape index (κ3) is 4.17. The van der Waals surface area contributed by atoms with Crippen LogP contribution in [0.3, 0.4) is 0 Å². The number of aromatic nitrogens is 3. The lowest BCUT2D eigenvalue weighted by Gasteiger charge is -2.33. The molecular weight excluding hydrogens is 320 g/mol. The highest BCUT2D eigenvalue weighted by atomic mass is 32.2. The maximum atomic E-state index is 12.6. The molecule has 0 radical (unpaired) electrons. The normalized spacial score (nSPS) is 17.0. The highest BCUT2D eigenvalue weighted by Crippen LogP contribution is 2.26. The Morgan fingerprint density at radius 2 is 2.00 bits per heavy atom. The Balaban J connectivity index is 1.49. The van der Waals surface area contributed by atoms with Gasteiger partial charge in [0.2, 0.25) is 5.91 Å². The van der Waals surface area contributed by atoms with Gasteiger partial charge in [0.15, 0.2) is 5.16 Å². The summed E-state index contributed by atoms with van der Waals surface area (Å²) in [6.07, 6.45) is 4.95. The van der Waals surface area contributed by atoms with E-state index in [-0.39, 0.29) is 11.2 Å². The van der Waals surface area contributed by atoms with Crippen molar-refractivity contribution >= 4 is 17.7 Å². The molecule has 1 aliphatic rings. The summed E-state index contributed by atoms with van der Waals surface area (Å²) in [7, 11) is 1.90. The molecular formula is C18H24N4OS. The molecule has 0 aliphatic carbocycles. The molecule has 2 heterocycles. The van der Waals surface area contributed by atoms with E-state index in [1.165, 1.54) is 17.3 Å². The molecule has 2 aromatic rings. The van der Waals surface area contributed by atoms with Gasteiger partial charge in [0.25, 0.3) is 0 Å². The van der Waals surface area contributed by atoms with E-state index >= 15 is 0 Å². The third-order valence-electron chi connectivity index (χ3n) is 4.59. The fourth-order valence-electron chi connectivity index (χ4n) is 3.15. The molecule has 1 atom stereocenters. The predicted molar refractivity (Wildman–Crippen MR) is 95.8 cm³/mol. The van der Waals surface area contributed by atoms with Gasteiger partial charge < -0.3 is 9.47 Å². The molecule has 1 aromatic carbocycles. The Morgan fingerprint density at radius 3 is 2.62 bits per heavy atom. The largest absolute Gasteiger partial charge is 0.342 e. The summed E-state index contributed by atoms with van der Waals surface area (Å²) < 4.78 is 1.85. The lowest BCUT2D eigenvalue weighted by molar-refractivity contribution is -0.131. The molecule has 1 amide bonds. The van der Waals surface area contributed by atoms with E-state index in [2.05, 4.69) is 40.5 Å². The van der Waals surface area contributed by atoms with Crippen LogP contribution in [0.4, 0.5) is 0 Å². The first-order valence-corrected chi connectivity index (χ1v) is 9.35. The first-order chi connectivity index (χ1) is 11.6. The van der Waals surface area contributed by atoms with E-state index in [0.29, 0.717) is 5.92 Å². The molecule has 128 valence electrons. The number of rotatable bonds is 5. The summed E-state index contributed by atoms with van der Waals surface area (Å²) in [5, 5.41) is 8.57. The van der Waals surface area contributed by atoms with Gasteiger partial charge in [-0.2, -0.15) is 0 Å². The van der Waals surface area contributed by atoms with Crippen molar-refractivity contribution in [3.8, 4) is 0 Å². The van der Waals surface area contributed by atoms with E-state index in [9.17, 15) is 4.79 Å². The third-order valence-corrected chi connectivity index (χ3v) is 5.73. The van der Waals surface area contributed by atoms with Gasteiger partial charge in [-0.1, -0.05) is 42.1 Å². The number of benzene rings is 1. The van der Waals surface area contributed by atoms with Crippen molar-refractivity contribution in [2.24, 2.45) is 13.0 Å². The summed E-state index contributed by atoms with van der Waals surface area (Å²) in [6.45, 7) is 3.68. The second kappa shape index (κ2) is 7.83. The summed E-state index contributed by atoms with van der Waals surface area (Å²) >= 11 is 1.48. The van der Waals surface area contributed by atoms with Crippen molar-refractivity contribution in [3.05, 3.63) is 42.2 Å². The van der Waals surface area contributed by atoms with Gasteiger partial charge in [0.1, 0.15) is 6.33 Å². The first kappa shape index (κ1) is 17.0. The fourth-order valence-corrected chi connectivity index (χ4v) is 4.02. The van der Waals surface area contributed by atoms with Crippen LogP contribution in [0.2, 0.25) is 0 Å². The van der Waals surface area contributed by atoms with E-state index in [4.69, 9.17) is 0 Å². The molecule has 1 saturated heterocycles. The number of hydrogen-bond donors (Lipinski definition) is 0. The Morgan fingerprint density at radius 1 is 1.29 bits per heavy atom. The van der Waals surface area contributed by atoms with Crippen molar-refractivity contribution in [3.63, 3.8) is 0 Å². The topological polar surface area (TPSA) is 51.0 Å². The number of hydrogen-bond acceptors (Lipinski definition) is 4. The molecule has 1 aliphatic heterocycles. The smallest absolute Gasteiger partial charge is 0.235 e. The molecule has 3 rings (SSSR count). The van der Waals surface area contributed by atoms with Crippen molar-refractivity contribution < 1.29 is 4.79 Å². The SMILES string of the molecule is C[C@H](Sc1nncn1C)C(=O)N1CCC(Cc2ccccc2)CC1. The molecule has 5 nitrogen and oxygen atoms in total. The average Bonchev–Trinajstić information content (AvgIpc) is 3.00. The van der Waals surface area contributed by atoms with Crippen LogP contribution < -0.4 is 0 Å². The standard InChI is InChI=1S/C18H24N4OS/c1-14(24-18-20-19-13-21(18)2)17(23)22-10-8-16(9-11-22)12-15-6-4-3-5-7-15/h3-7,13-14,16H,8-12H2,1-2H3/t14-/m0/s1. The summed E-state index contributed by atoms with van der Waals surface area (Å²) in [6, 6.07) is 10.6. The van der Waals surface area contributed by atoms with Crippen molar-refractivity contribution in [1.29, 1.82) is 0 Å². The number of likely N-dealkylation sites (tertiary alicyclic amines) is 1. The molecule has 1 fully saturated rings. The minimum atomic E-state index is -0.126. The number of carbonyl (C=O) groups is 1. The number of piperidine rings is 1. The van der Waals surface area contributed by atoms with Crippen LogP contribution in [0, 0.1) is 5.92 Å². The minimum Gasteiger partial charge on any atom is -0.342 e. The number of aryl methyl sites for hydroxylation is 1. The minimum absolute atomic E-state index is 0.126. The van der Waals surface area contributed by atoms with Crippen LogP contribution in [0.25, 0.3) is 0 Å². The van der Waals surface area contributed by atoms with Gasteiger partial charge >= 0.3 is 0 Å². The zero-order valence-electron chi connectivity index (χ0n) is 14.3. The first-order valence-electron chi connectivity index (χ1n) is 8.47. The summed E-state index contributed by atoms with van der Waals surface area (Å²) in [5.41, 5.74) is 1.40. The molecule has 6 heteroatoms. The van der Waals surface area contributed by atoms with Gasteiger partial charge in [-0.3, -0.25) is 4.79 Å². The lowest BCUT2D eigenvalue weighted by Crippen LogP contribution is -2.42. The number of nitrogens with zero attached hydrogens (tertiary/aromatic N) is 4. The molecule has 1 aromatic heterocycles. The Labute approximate surface area is 147 Å². The van der Waals surface area contributed by atoms with E-state index in [0.717, 1.165) is 37.5 Å². The van der Waals surface area contributed by atoms with E-state index < -0.39 is 0 Å². The zero-order chi connectivity index (χ0) is 16.9. The second-order valence-corrected chi connectivity index (χ2v) is 7.75. The van der Waals surface area contributed by atoms with Crippen LogP contribution in [-0.2, 0) is 18.3 Å². The molecule has 0 N–H and O–H groups in total. The highest BCUT2D eigenvalue weighted by Gasteiger charge is 2.27. The monoisotopic (exact) mass is 344 g/mol. The Bertz CT molecular complexity index is 665. The van der Waals surface area contributed by atoms with Crippen molar-refractivity contribution in [2.75, 3.05) is 13.1 Å². The van der Waals surface area contributed by atoms with Crippen molar-refractivity contribution in [2.45, 2.75) is 36.6 Å². The molecule has 0 saturated carbocycles. The predicted octanol–water partition coefficient (Wildman–Crippen LogP) is 2.78. The molecule has 0 spiro atoms. The maximum Gasteiger partial charge on any atom is 0.235 e. The van der Waals surface area contributed by atoms with E-state index in [1.807, 2.05) is 23.4 Å².